The summed E-state index contributed by atoms with van der Waals surface area (Å²) in [5.74, 6) is 0.421. The Morgan fingerprint density at radius 1 is 1.26 bits per heavy atom. The molecule has 1 atom stereocenters. The first-order valence-corrected chi connectivity index (χ1v) is 6.21. The highest BCUT2D eigenvalue weighted by atomic mass is 19.1. The number of aromatic nitrogens is 1. The number of ether oxygens (including phenoxy) is 1. The van der Waals surface area contributed by atoms with Crippen molar-refractivity contribution in [1.82, 2.24) is 4.98 Å². The van der Waals surface area contributed by atoms with E-state index in [-0.39, 0.29) is 5.82 Å². The van der Waals surface area contributed by atoms with Crippen molar-refractivity contribution in [3.8, 4) is 5.75 Å². The van der Waals surface area contributed by atoms with E-state index in [1.165, 1.54) is 6.07 Å². The van der Waals surface area contributed by atoms with Crippen molar-refractivity contribution in [2.45, 2.75) is 19.9 Å². The lowest BCUT2D eigenvalue weighted by molar-refractivity contribution is 0.338. The SMILES string of the molecule is CCOc1cncc(C(N)c2ccc(C)c(F)c2)c1. The van der Waals surface area contributed by atoms with Gasteiger partial charge in [0.1, 0.15) is 11.6 Å². The summed E-state index contributed by atoms with van der Waals surface area (Å²) in [5, 5.41) is 0. The third kappa shape index (κ3) is 3.09. The van der Waals surface area contributed by atoms with Crippen LogP contribution >= 0.6 is 0 Å². The number of hydrogen-bond donors (Lipinski definition) is 1. The van der Waals surface area contributed by atoms with Crippen LogP contribution in [0, 0.1) is 12.7 Å². The minimum atomic E-state index is -0.414. The van der Waals surface area contributed by atoms with Gasteiger partial charge in [-0.25, -0.2) is 4.39 Å². The van der Waals surface area contributed by atoms with Crippen LogP contribution in [0.3, 0.4) is 0 Å². The Hall–Kier alpha value is -1.94. The van der Waals surface area contributed by atoms with Crippen molar-refractivity contribution >= 4 is 0 Å². The van der Waals surface area contributed by atoms with Crippen molar-refractivity contribution in [1.29, 1.82) is 0 Å². The minimum Gasteiger partial charge on any atom is -0.492 e. The van der Waals surface area contributed by atoms with E-state index in [9.17, 15) is 4.39 Å². The highest BCUT2D eigenvalue weighted by Crippen LogP contribution is 2.23. The first-order chi connectivity index (χ1) is 9.11. The zero-order chi connectivity index (χ0) is 13.8. The molecule has 1 aromatic carbocycles. The summed E-state index contributed by atoms with van der Waals surface area (Å²) in [6.07, 6.45) is 3.31. The van der Waals surface area contributed by atoms with Crippen LogP contribution in [-0.4, -0.2) is 11.6 Å². The average Bonchev–Trinajstić information content (AvgIpc) is 2.42. The molecule has 1 unspecified atom stereocenters. The topological polar surface area (TPSA) is 48.1 Å². The summed E-state index contributed by atoms with van der Waals surface area (Å²) in [6, 6.07) is 6.44. The fourth-order valence-electron chi connectivity index (χ4n) is 1.85. The Morgan fingerprint density at radius 2 is 2.05 bits per heavy atom. The van der Waals surface area contributed by atoms with Gasteiger partial charge in [0.15, 0.2) is 0 Å². The Morgan fingerprint density at radius 3 is 2.74 bits per heavy atom. The summed E-state index contributed by atoms with van der Waals surface area (Å²) >= 11 is 0. The second-order valence-corrected chi connectivity index (χ2v) is 4.37. The van der Waals surface area contributed by atoms with Crippen molar-refractivity contribution in [3.05, 3.63) is 59.2 Å². The summed E-state index contributed by atoms with van der Waals surface area (Å²) < 4.78 is 18.9. The molecule has 100 valence electrons. The molecule has 3 nitrogen and oxygen atoms in total. The lowest BCUT2D eigenvalue weighted by Crippen LogP contribution is -2.13. The van der Waals surface area contributed by atoms with Gasteiger partial charge in [-0.2, -0.15) is 0 Å². The molecule has 2 aromatic rings. The molecule has 0 spiro atoms. The number of hydrogen-bond acceptors (Lipinski definition) is 3. The van der Waals surface area contributed by atoms with Gasteiger partial charge in [-0.3, -0.25) is 4.98 Å². The van der Waals surface area contributed by atoms with Gasteiger partial charge in [0, 0.05) is 6.20 Å². The summed E-state index contributed by atoms with van der Waals surface area (Å²) in [4.78, 5) is 4.09. The largest absolute Gasteiger partial charge is 0.492 e. The average molecular weight is 260 g/mol. The Labute approximate surface area is 112 Å². The van der Waals surface area contributed by atoms with Crippen LogP contribution in [0.2, 0.25) is 0 Å². The molecular formula is C15H17FN2O. The molecule has 0 aliphatic heterocycles. The third-order valence-electron chi connectivity index (χ3n) is 2.96. The molecular weight excluding hydrogens is 243 g/mol. The maximum Gasteiger partial charge on any atom is 0.137 e. The van der Waals surface area contributed by atoms with Crippen molar-refractivity contribution in [2.24, 2.45) is 5.73 Å². The van der Waals surface area contributed by atoms with Gasteiger partial charge in [0.2, 0.25) is 0 Å². The van der Waals surface area contributed by atoms with E-state index in [2.05, 4.69) is 4.98 Å². The molecule has 2 N–H and O–H groups in total. The normalized spacial score (nSPS) is 12.2. The standard InChI is InChI=1S/C15H17FN2O/c1-3-19-13-6-12(8-18-9-13)15(17)11-5-4-10(2)14(16)7-11/h4-9,15H,3,17H2,1-2H3. The second kappa shape index (κ2) is 5.80. The van der Waals surface area contributed by atoms with E-state index < -0.39 is 6.04 Å². The quantitative estimate of drug-likeness (QED) is 0.919. The first-order valence-electron chi connectivity index (χ1n) is 6.21. The molecule has 0 aliphatic carbocycles. The van der Waals surface area contributed by atoms with Gasteiger partial charge in [0.05, 0.1) is 18.8 Å². The lowest BCUT2D eigenvalue weighted by atomic mass is 10.00. The summed E-state index contributed by atoms with van der Waals surface area (Å²) in [6.45, 7) is 4.20. The smallest absolute Gasteiger partial charge is 0.137 e. The molecule has 4 heteroatoms. The van der Waals surface area contributed by atoms with E-state index in [4.69, 9.17) is 10.5 Å². The van der Waals surface area contributed by atoms with Crippen LogP contribution in [0.1, 0.15) is 29.7 Å². The van der Waals surface area contributed by atoms with Crippen molar-refractivity contribution < 1.29 is 9.13 Å². The molecule has 0 bridgehead atoms. The van der Waals surface area contributed by atoms with Gasteiger partial charge in [-0.1, -0.05) is 12.1 Å². The fourth-order valence-corrected chi connectivity index (χ4v) is 1.85. The number of nitrogens with zero attached hydrogens (tertiary/aromatic N) is 1. The Kier molecular flexibility index (Phi) is 4.12. The number of nitrogens with two attached hydrogens (primary N) is 1. The molecule has 1 heterocycles. The highest BCUT2D eigenvalue weighted by molar-refractivity contribution is 5.35. The predicted octanol–water partition coefficient (Wildman–Crippen LogP) is 2.98. The zero-order valence-corrected chi connectivity index (χ0v) is 11.1. The monoisotopic (exact) mass is 260 g/mol. The molecule has 0 aliphatic rings. The van der Waals surface area contributed by atoms with E-state index in [1.807, 2.05) is 19.1 Å². The zero-order valence-electron chi connectivity index (χ0n) is 11.1. The number of benzene rings is 1. The summed E-state index contributed by atoms with van der Waals surface area (Å²) in [5.41, 5.74) is 8.27. The number of pyridine rings is 1. The van der Waals surface area contributed by atoms with Gasteiger partial charge in [0.25, 0.3) is 0 Å². The Balaban J connectivity index is 2.29. The van der Waals surface area contributed by atoms with Gasteiger partial charge in [-0.05, 0) is 42.7 Å². The first kappa shape index (κ1) is 13.5. The fraction of sp³-hybridized carbons (Fsp3) is 0.267. The highest BCUT2D eigenvalue weighted by Gasteiger charge is 2.12. The number of aryl methyl sites for hydroxylation is 1. The second-order valence-electron chi connectivity index (χ2n) is 4.37. The van der Waals surface area contributed by atoms with Crippen molar-refractivity contribution in [2.75, 3.05) is 6.61 Å². The maximum absolute atomic E-state index is 13.6. The summed E-state index contributed by atoms with van der Waals surface area (Å²) in [7, 11) is 0. The number of halogens is 1. The van der Waals surface area contributed by atoms with Crippen LogP contribution in [0.5, 0.6) is 5.75 Å². The van der Waals surface area contributed by atoms with E-state index in [0.29, 0.717) is 17.9 Å². The van der Waals surface area contributed by atoms with Gasteiger partial charge < -0.3 is 10.5 Å². The number of rotatable bonds is 4. The van der Waals surface area contributed by atoms with E-state index in [0.717, 1.165) is 11.1 Å². The van der Waals surface area contributed by atoms with Crippen LogP contribution in [0.25, 0.3) is 0 Å². The molecule has 0 saturated carbocycles. The predicted molar refractivity (Wildman–Crippen MR) is 72.6 cm³/mol. The van der Waals surface area contributed by atoms with E-state index in [1.54, 1.807) is 25.4 Å². The van der Waals surface area contributed by atoms with Crippen LogP contribution in [0.15, 0.2) is 36.7 Å². The molecule has 2 rings (SSSR count). The Bertz CT molecular complexity index is 572. The lowest BCUT2D eigenvalue weighted by Gasteiger charge is -2.14. The molecule has 0 saturated heterocycles. The molecule has 0 amide bonds. The van der Waals surface area contributed by atoms with Gasteiger partial charge in [-0.15, -0.1) is 0 Å². The third-order valence-corrected chi connectivity index (χ3v) is 2.96. The van der Waals surface area contributed by atoms with E-state index >= 15 is 0 Å². The van der Waals surface area contributed by atoms with Crippen molar-refractivity contribution in [3.63, 3.8) is 0 Å². The molecule has 1 aromatic heterocycles. The maximum atomic E-state index is 13.6. The molecule has 0 fully saturated rings. The molecule has 0 radical (unpaired) electrons. The van der Waals surface area contributed by atoms with Crippen LogP contribution in [0.4, 0.5) is 4.39 Å². The molecule has 19 heavy (non-hydrogen) atoms. The van der Waals surface area contributed by atoms with Crippen LogP contribution in [-0.2, 0) is 0 Å². The minimum absolute atomic E-state index is 0.248. The van der Waals surface area contributed by atoms with Crippen LogP contribution < -0.4 is 10.5 Å². The van der Waals surface area contributed by atoms with Gasteiger partial charge >= 0.3 is 0 Å².